The van der Waals surface area contributed by atoms with Gasteiger partial charge in [-0.25, -0.2) is 14.4 Å². The fraction of sp³-hybridized carbons (Fsp3) is 0.381. The van der Waals surface area contributed by atoms with Crippen molar-refractivity contribution in [1.29, 1.82) is 0 Å². The van der Waals surface area contributed by atoms with Crippen molar-refractivity contribution >= 4 is 11.7 Å². The van der Waals surface area contributed by atoms with Crippen LogP contribution < -0.4 is 5.32 Å². The van der Waals surface area contributed by atoms with Crippen LogP contribution >= 0.6 is 0 Å². The Morgan fingerprint density at radius 1 is 1.09 bits per heavy atom. The molecule has 2 bridgehead atoms. The molecular formula is C21H19F4N7O. The normalized spacial score (nSPS) is 22.4. The molecular weight excluding hydrogens is 442 g/mol. The summed E-state index contributed by atoms with van der Waals surface area (Å²) in [5, 5.41) is 11.1. The fourth-order valence-corrected chi connectivity index (χ4v) is 4.70. The van der Waals surface area contributed by atoms with E-state index in [1.54, 1.807) is 4.90 Å². The predicted octanol–water partition coefficient (Wildman–Crippen LogP) is 3.32. The van der Waals surface area contributed by atoms with Gasteiger partial charge in [0, 0.05) is 12.6 Å². The number of piperidine rings is 2. The molecule has 3 aromatic rings. The topological polar surface area (TPSA) is 88.8 Å². The number of carbonyl (C=O) groups is 1. The number of para-hydroxylation sites is 1. The predicted molar refractivity (Wildman–Crippen MR) is 108 cm³/mol. The number of anilines is 1. The van der Waals surface area contributed by atoms with Gasteiger partial charge in [-0.15, -0.1) is 4.80 Å². The van der Waals surface area contributed by atoms with E-state index >= 15 is 0 Å². The summed E-state index contributed by atoms with van der Waals surface area (Å²) in [6.07, 6.45) is 2.35. The van der Waals surface area contributed by atoms with Crippen molar-refractivity contribution in [3.8, 4) is 5.69 Å². The minimum absolute atomic E-state index is 0.0212. The SMILES string of the molecule is O=C(c1cccc(F)c1-n1nccn1)N1CC2CC[C@H]1[C@H](Nc1cnc(C(F)(F)F)cn1)C2. The van der Waals surface area contributed by atoms with Crippen molar-refractivity contribution in [1.82, 2.24) is 29.9 Å². The van der Waals surface area contributed by atoms with E-state index in [4.69, 9.17) is 0 Å². The van der Waals surface area contributed by atoms with E-state index in [1.165, 1.54) is 30.6 Å². The lowest BCUT2D eigenvalue weighted by Crippen LogP contribution is -2.60. The van der Waals surface area contributed by atoms with Gasteiger partial charge in [-0.3, -0.25) is 4.79 Å². The summed E-state index contributed by atoms with van der Waals surface area (Å²) in [7, 11) is 0. The quantitative estimate of drug-likeness (QED) is 0.600. The first kappa shape index (κ1) is 21.3. The zero-order chi connectivity index (χ0) is 23.2. The Morgan fingerprint density at radius 3 is 2.55 bits per heavy atom. The number of hydrogen-bond donors (Lipinski definition) is 1. The van der Waals surface area contributed by atoms with Crippen LogP contribution in [0, 0.1) is 11.7 Å². The first-order chi connectivity index (χ1) is 15.8. The number of carbonyl (C=O) groups excluding carboxylic acids is 1. The van der Waals surface area contributed by atoms with Crippen molar-refractivity contribution in [3.05, 3.63) is 60.1 Å². The number of aromatic nitrogens is 5. The Bertz CT molecular complexity index is 1150. The third-order valence-electron chi connectivity index (χ3n) is 6.15. The molecule has 3 aliphatic rings. The number of benzene rings is 1. The van der Waals surface area contributed by atoms with Crippen molar-refractivity contribution in [2.24, 2.45) is 5.92 Å². The van der Waals surface area contributed by atoms with Crippen LogP contribution in [0.25, 0.3) is 5.69 Å². The van der Waals surface area contributed by atoms with Crippen LogP contribution in [-0.2, 0) is 6.18 Å². The van der Waals surface area contributed by atoms with Crippen LogP contribution in [-0.4, -0.2) is 54.4 Å². The molecule has 1 amide bonds. The van der Waals surface area contributed by atoms with Gasteiger partial charge in [0.2, 0.25) is 0 Å². The number of nitrogens with one attached hydrogen (secondary N) is 1. The van der Waals surface area contributed by atoms with E-state index in [0.717, 1.165) is 23.8 Å². The Kier molecular flexibility index (Phi) is 5.22. The van der Waals surface area contributed by atoms with Crippen LogP contribution in [0.4, 0.5) is 23.4 Å². The zero-order valence-electron chi connectivity index (χ0n) is 17.2. The molecule has 172 valence electrons. The second-order valence-electron chi connectivity index (χ2n) is 8.19. The summed E-state index contributed by atoms with van der Waals surface area (Å²) in [5.74, 6) is -0.547. The third-order valence-corrected chi connectivity index (χ3v) is 6.15. The average Bonchev–Trinajstić information content (AvgIpc) is 3.33. The molecule has 4 heterocycles. The molecule has 6 rings (SSSR count). The molecule has 12 heteroatoms. The maximum atomic E-state index is 14.6. The summed E-state index contributed by atoms with van der Waals surface area (Å²) in [6.45, 7) is 0.517. The number of halogens is 4. The molecule has 33 heavy (non-hydrogen) atoms. The Hall–Kier alpha value is -3.57. The van der Waals surface area contributed by atoms with Crippen LogP contribution in [0.3, 0.4) is 0 Å². The van der Waals surface area contributed by atoms with Crippen LogP contribution in [0.5, 0.6) is 0 Å². The summed E-state index contributed by atoms with van der Waals surface area (Å²) < 4.78 is 52.9. The second-order valence-corrected chi connectivity index (χ2v) is 8.19. The molecule has 3 atom stereocenters. The molecule has 3 fully saturated rings. The van der Waals surface area contributed by atoms with Crippen LogP contribution in [0.1, 0.15) is 35.3 Å². The van der Waals surface area contributed by atoms with Crippen molar-refractivity contribution < 1.29 is 22.4 Å². The number of nitrogens with zero attached hydrogens (tertiary/aromatic N) is 6. The monoisotopic (exact) mass is 461 g/mol. The zero-order valence-corrected chi connectivity index (χ0v) is 17.2. The molecule has 8 nitrogen and oxygen atoms in total. The minimum atomic E-state index is -4.56. The highest BCUT2D eigenvalue weighted by atomic mass is 19.4. The number of rotatable bonds is 4. The fourth-order valence-electron chi connectivity index (χ4n) is 4.70. The van der Waals surface area contributed by atoms with Gasteiger partial charge in [0.15, 0.2) is 11.5 Å². The standard InChI is InChI=1S/C21H19F4N7O/c22-14-3-1-2-13(19(14)32-28-6-7-29-32)20(33)31-11-12-4-5-16(31)15(8-12)30-18-10-26-17(9-27-18)21(23,24)25/h1-3,6-7,9-10,12,15-16H,4-5,8,11H2,(H,27,30)/t12?,15-,16+/m1/s1. The van der Waals surface area contributed by atoms with Gasteiger partial charge in [-0.2, -0.15) is 23.4 Å². The summed E-state index contributed by atoms with van der Waals surface area (Å²) in [6, 6.07) is 3.80. The molecule has 0 spiro atoms. The smallest absolute Gasteiger partial charge is 0.364 e. The number of fused-ring (bicyclic) bond motifs is 3. The van der Waals surface area contributed by atoms with Gasteiger partial charge < -0.3 is 10.2 Å². The van der Waals surface area contributed by atoms with Gasteiger partial charge in [0.25, 0.3) is 5.91 Å². The molecule has 1 saturated carbocycles. The van der Waals surface area contributed by atoms with Gasteiger partial charge in [-0.1, -0.05) is 6.07 Å². The number of amides is 1. The molecule has 1 N–H and O–H groups in total. The number of hydrogen-bond acceptors (Lipinski definition) is 6. The molecule has 1 unspecified atom stereocenters. The molecule has 2 saturated heterocycles. The summed E-state index contributed by atoms with van der Waals surface area (Å²) in [5.41, 5.74) is -0.945. The van der Waals surface area contributed by atoms with E-state index in [1.807, 2.05) is 0 Å². The summed E-state index contributed by atoms with van der Waals surface area (Å²) in [4.78, 5) is 23.6. The molecule has 1 aliphatic carbocycles. The molecule has 0 radical (unpaired) electrons. The lowest BCUT2D eigenvalue weighted by molar-refractivity contribution is -0.141. The van der Waals surface area contributed by atoms with Crippen molar-refractivity contribution in [2.45, 2.75) is 37.5 Å². The first-order valence-corrected chi connectivity index (χ1v) is 10.4. The van der Waals surface area contributed by atoms with Gasteiger partial charge in [0.1, 0.15) is 11.5 Å². The van der Waals surface area contributed by atoms with Crippen LogP contribution in [0.15, 0.2) is 43.0 Å². The lowest BCUT2D eigenvalue weighted by Gasteiger charge is -2.50. The largest absolute Gasteiger partial charge is 0.434 e. The van der Waals surface area contributed by atoms with Crippen molar-refractivity contribution in [2.75, 3.05) is 11.9 Å². The first-order valence-electron chi connectivity index (χ1n) is 10.4. The van der Waals surface area contributed by atoms with E-state index in [2.05, 4.69) is 25.5 Å². The average molecular weight is 461 g/mol. The van der Waals surface area contributed by atoms with Gasteiger partial charge in [0.05, 0.1) is 36.4 Å². The Balaban J connectivity index is 1.40. The number of alkyl halides is 3. The Labute approximate surface area is 185 Å². The van der Waals surface area contributed by atoms with E-state index in [9.17, 15) is 22.4 Å². The van der Waals surface area contributed by atoms with E-state index in [0.29, 0.717) is 19.2 Å². The van der Waals surface area contributed by atoms with Gasteiger partial charge >= 0.3 is 6.18 Å². The maximum absolute atomic E-state index is 14.6. The highest BCUT2D eigenvalue weighted by Gasteiger charge is 2.44. The molecule has 1 aromatic carbocycles. The molecule has 2 aromatic heterocycles. The second kappa shape index (κ2) is 8.09. The highest BCUT2D eigenvalue weighted by molar-refractivity contribution is 5.98. The highest BCUT2D eigenvalue weighted by Crippen LogP contribution is 2.38. The minimum Gasteiger partial charge on any atom is -0.364 e. The Morgan fingerprint density at radius 2 is 1.88 bits per heavy atom. The lowest BCUT2D eigenvalue weighted by atomic mass is 9.76. The molecule has 2 aliphatic heterocycles. The van der Waals surface area contributed by atoms with Crippen LogP contribution in [0.2, 0.25) is 0 Å². The van der Waals surface area contributed by atoms with E-state index in [-0.39, 0.29) is 41.0 Å². The van der Waals surface area contributed by atoms with Gasteiger partial charge in [-0.05, 0) is 37.3 Å². The third kappa shape index (κ3) is 4.00. The maximum Gasteiger partial charge on any atom is 0.434 e. The summed E-state index contributed by atoms with van der Waals surface area (Å²) >= 11 is 0. The van der Waals surface area contributed by atoms with Crippen molar-refractivity contribution in [3.63, 3.8) is 0 Å². The van der Waals surface area contributed by atoms with E-state index < -0.39 is 17.7 Å².